The molecule has 2 nitrogen and oxygen atoms in total. The normalized spacial score (nSPS) is 12.2. The van der Waals surface area contributed by atoms with Gasteiger partial charge in [-0.15, -0.1) is 0 Å². The largest absolute Gasteiger partial charge is 0.337 e. The van der Waals surface area contributed by atoms with Gasteiger partial charge in [0.1, 0.15) is 0 Å². The fraction of sp³-hybridized carbons (Fsp3) is 0.273. The predicted octanol–water partition coefficient (Wildman–Crippen LogP) is 2.89. The van der Waals surface area contributed by atoms with Gasteiger partial charge in [0, 0.05) is 14.2 Å². The molecule has 0 saturated heterocycles. The van der Waals surface area contributed by atoms with Crippen LogP contribution in [-0.2, 0) is 9.47 Å². The molecule has 0 aliphatic carbocycles. The Balaban J connectivity index is 2.72. The minimum Gasteiger partial charge on any atom is -0.337 e. The van der Waals surface area contributed by atoms with Crippen LogP contribution in [0.5, 0.6) is 0 Å². The van der Waals surface area contributed by atoms with Crippen molar-refractivity contribution in [2.45, 2.75) is 5.25 Å². The number of hydrogen-bond donors (Lipinski definition) is 0. The Hall–Kier alpha value is -0.830. The molecule has 14 heavy (non-hydrogen) atoms. The fourth-order valence-electron chi connectivity index (χ4n) is 0.979. The number of methoxy groups -OCH3 is 2. The number of halogens is 1. The Kier molecular flexibility index (Phi) is 4.14. The van der Waals surface area contributed by atoms with Crippen molar-refractivity contribution < 1.29 is 9.47 Å². The van der Waals surface area contributed by atoms with E-state index in [2.05, 4.69) is 0 Å². The molecule has 0 aromatic heterocycles. The fourth-order valence-corrected chi connectivity index (χ4v) is 1.04. The van der Waals surface area contributed by atoms with Gasteiger partial charge in [0.2, 0.25) is 0 Å². The lowest BCUT2D eigenvalue weighted by Crippen LogP contribution is -2.22. The zero-order valence-electron chi connectivity index (χ0n) is 8.24. The lowest BCUT2D eigenvalue weighted by Gasteiger charge is -2.18. The van der Waals surface area contributed by atoms with E-state index in [-0.39, 0.29) is 0 Å². The molecule has 76 valence electrons. The smallest absolute Gasteiger partial charge is 0.268 e. The molecule has 0 N–H and O–H groups in total. The first-order valence-corrected chi connectivity index (χ1v) is 4.61. The highest BCUT2D eigenvalue weighted by molar-refractivity contribution is 6.23. The molecule has 3 heteroatoms. The van der Waals surface area contributed by atoms with Gasteiger partial charge in [-0.1, -0.05) is 48.0 Å². The molecule has 1 aromatic carbocycles. The summed E-state index contributed by atoms with van der Waals surface area (Å²) in [6.45, 7) is 0. The molecule has 0 aliphatic heterocycles. The summed E-state index contributed by atoms with van der Waals surface area (Å²) in [5, 5.41) is -1.17. The average Bonchev–Trinajstić information content (AvgIpc) is 2.27. The Bertz CT molecular complexity index is 291. The van der Waals surface area contributed by atoms with E-state index in [1.807, 2.05) is 36.4 Å². The number of alkyl halides is 1. The van der Waals surface area contributed by atoms with Crippen molar-refractivity contribution >= 4 is 17.7 Å². The maximum atomic E-state index is 5.93. The zero-order valence-corrected chi connectivity index (χ0v) is 8.99. The third-order valence-electron chi connectivity index (χ3n) is 1.83. The van der Waals surface area contributed by atoms with E-state index in [0.717, 1.165) is 5.56 Å². The van der Waals surface area contributed by atoms with Crippen molar-refractivity contribution in [1.29, 1.82) is 0 Å². The molecule has 0 amide bonds. The van der Waals surface area contributed by atoms with Crippen LogP contribution in [0.3, 0.4) is 0 Å². The quantitative estimate of drug-likeness (QED) is 0.565. The Labute approximate surface area is 89.1 Å². The SMILES string of the molecule is COC(Cl)(C=Cc1ccccc1)OC. The zero-order chi connectivity index (χ0) is 10.4. The van der Waals surface area contributed by atoms with Gasteiger partial charge < -0.3 is 9.47 Å². The van der Waals surface area contributed by atoms with Crippen LogP contribution in [-0.4, -0.2) is 19.5 Å². The van der Waals surface area contributed by atoms with Gasteiger partial charge in [0.15, 0.2) is 0 Å². The topological polar surface area (TPSA) is 18.5 Å². The van der Waals surface area contributed by atoms with E-state index in [1.165, 1.54) is 14.2 Å². The van der Waals surface area contributed by atoms with Crippen LogP contribution in [0.25, 0.3) is 6.08 Å². The molecule has 0 saturated carbocycles. The maximum Gasteiger partial charge on any atom is 0.268 e. The van der Waals surface area contributed by atoms with Crippen LogP contribution < -0.4 is 0 Å². The highest BCUT2D eigenvalue weighted by Gasteiger charge is 2.21. The van der Waals surface area contributed by atoms with Crippen molar-refractivity contribution in [2.24, 2.45) is 0 Å². The summed E-state index contributed by atoms with van der Waals surface area (Å²) in [4.78, 5) is 0. The Morgan fingerprint density at radius 3 is 2.21 bits per heavy atom. The van der Waals surface area contributed by atoms with Crippen LogP contribution in [0.15, 0.2) is 36.4 Å². The van der Waals surface area contributed by atoms with Crippen LogP contribution in [0.1, 0.15) is 5.56 Å². The number of benzene rings is 1. The summed E-state index contributed by atoms with van der Waals surface area (Å²) in [6, 6.07) is 9.81. The Morgan fingerprint density at radius 2 is 1.71 bits per heavy atom. The first kappa shape index (κ1) is 11.2. The van der Waals surface area contributed by atoms with E-state index >= 15 is 0 Å². The maximum absolute atomic E-state index is 5.93. The van der Waals surface area contributed by atoms with Crippen molar-refractivity contribution in [3.05, 3.63) is 42.0 Å². The standard InChI is InChI=1S/C11H13ClO2/c1-13-11(12,14-2)9-8-10-6-4-3-5-7-10/h3-9H,1-2H3. The van der Waals surface area contributed by atoms with E-state index in [1.54, 1.807) is 6.08 Å². The molecule has 0 atom stereocenters. The van der Waals surface area contributed by atoms with E-state index in [0.29, 0.717) is 0 Å². The second kappa shape index (κ2) is 5.15. The van der Waals surface area contributed by atoms with Gasteiger partial charge in [0.05, 0.1) is 0 Å². The molecule has 0 spiro atoms. The average molecular weight is 213 g/mol. The second-order valence-corrected chi connectivity index (χ2v) is 3.26. The summed E-state index contributed by atoms with van der Waals surface area (Å²) in [7, 11) is 2.98. The Morgan fingerprint density at radius 1 is 1.14 bits per heavy atom. The van der Waals surface area contributed by atoms with Crippen molar-refractivity contribution in [3.63, 3.8) is 0 Å². The van der Waals surface area contributed by atoms with E-state index in [9.17, 15) is 0 Å². The molecule has 0 aliphatic rings. The van der Waals surface area contributed by atoms with Gasteiger partial charge in [-0.05, 0) is 11.6 Å². The highest BCUT2D eigenvalue weighted by Crippen LogP contribution is 2.19. The van der Waals surface area contributed by atoms with Gasteiger partial charge in [-0.2, -0.15) is 0 Å². The van der Waals surface area contributed by atoms with Gasteiger partial charge >= 0.3 is 0 Å². The molecule has 0 heterocycles. The van der Waals surface area contributed by atoms with Crippen LogP contribution in [0, 0.1) is 0 Å². The summed E-state index contributed by atoms with van der Waals surface area (Å²) in [5.74, 6) is 0. The minimum absolute atomic E-state index is 1.05. The number of rotatable bonds is 4. The molecule has 1 rings (SSSR count). The predicted molar refractivity (Wildman–Crippen MR) is 58.1 cm³/mol. The lowest BCUT2D eigenvalue weighted by molar-refractivity contribution is -0.104. The molecule has 0 bridgehead atoms. The molecular formula is C11H13ClO2. The summed E-state index contributed by atoms with van der Waals surface area (Å²) in [6.07, 6.45) is 3.50. The third-order valence-corrected chi connectivity index (χ3v) is 2.27. The third kappa shape index (κ3) is 3.14. The first-order valence-electron chi connectivity index (χ1n) is 4.24. The lowest BCUT2D eigenvalue weighted by atomic mass is 10.2. The molecule has 1 aromatic rings. The number of ether oxygens (including phenoxy) is 2. The highest BCUT2D eigenvalue weighted by atomic mass is 35.5. The minimum atomic E-state index is -1.17. The monoisotopic (exact) mass is 212 g/mol. The molecule has 0 fully saturated rings. The van der Waals surface area contributed by atoms with Crippen LogP contribution in [0.2, 0.25) is 0 Å². The second-order valence-electron chi connectivity index (χ2n) is 2.73. The molecule has 0 unspecified atom stereocenters. The van der Waals surface area contributed by atoms with Crippen molar-refractivity contribution in [3.8, 4) is 0 Å². The molecular weight excluding hydrogens is 200 g/mol. The van der Waals surface area contributed by atoms with Gasteiger partial charge in [-0.3, -0.25) is 0 Å². The van der Waals surface area contributed by atoms with Crippen molar-refractivity contribution in [2.75, 3.05) is 14.2 Å². The van der Waals surface area contributed by atoms with E-state index < -0.39 is 5.25 Å². The summed E-state index contributed by atoms with van der Waals surface area (Å²) < 4.78 is 9.93. The van der Waals surface area contributed by atoms with Gasteiger partial charge in [0.25, 0.3) is 5.25 Å². The molecule has 0 radical (unpaired) electrons. The summed E-state index contributed by atoms with van der Waals surface area (Å²) in [5.41, 5.74) is 1.05. The van der Waals surface area contributed by atoms with E-state index in [4.69, 9.17) is 21.1 Å². The first-order chi connectivity index (χ1) is 6.70. The number of hydrogen-bond acceptors (Lipinski definition) is 2. The summed E-state index contributed by atoms with van der Waals surface area (Å²) >= 11 is 5.93. The van der Waals surface area contributed by atoms with Gasteiger partial charge in [-0.25, -0.2) is 0 Å². The van der Waals surface area contributed by atoms with Crippen LogP contribution >= 0.6 is 11.6 Å². The van der Waals surface area contributed by atoms with Crippen LogP contribution in [0.4, 0.5) is 0 Å². The van der Waals surface area contributed by atoms with Crippen molar-refractivity contribution in [1.82, 2.24) is 0 Å².